The van der Waals surface area contributed by atoms with Crippen LogP contribution in [0.1, 0.15) is 340 Å². The summed E-state index contributed by atoms with van der Waals surface area (Å²) in [5.41, 5.74) is 23.9. The molecule has 2 aliphatic heterocycles. The second-order valence-corrected chi connectivity index (χ2v) is 43.5. The number of ether oxygens (including phenoxy) is 12. The van der Waals surface area contributed by atoms with Gasteiger partial charge in [0.2, 0.25) is 0 Å². The number of carboxylic acids is 1. The minimum absolute atomic E-state index is 0.222. The zero-order valence-electron chi connectivity index (χ0n) is 81.6. The zero-order valence-corrected chi connectivity index (χ0v) is 81.6. The van der Waals surface area contributed by atoms with Gasteiger partial charge in [0, 0.05) is 51.4 Å². The molecule has 0 unspecified atom stereocenters. The third-order valence-corrected chi connectivity index (χ3v) is 24.2. The van der Waals surface area contributed by atoms with Crippen LogP contribution < -0.4 is 37.9 Å². The van der Waals surface area contributed by atoms with Gasteiger partial charge in [-0.15, -0.1) is 0 Å². The Morgan fingerprint density at radius 2 is 0.384 bits per heavy atom. The summed E-state index contributed by atoms with van der Waals surface area (Å²) in [7, 11) is 0. The second kappa shape index (κ2) is 40.4. The smallest absolute Gasteiger partial charge is 0.341 e. The molecular weight excluding hydrogens is 1560 g/mol. The van der Waals surface area contributed by atoms with Crippen molar-refractivity contribution in [3.63, 3.8) is 0 Å². The van der Waals surface area contributed by atoms with E-state index in [-0.39, 0.29) is 69.7 Å². The van der Waals surface area contributed by atoms with E-state index in [1.54, 1.807) is 0 Å². The van der Waals surface area contributed by atoms with Gasteiger partial charge in [0.05, 0.1) is 72.7 Å². The van der Waals surface area contributed by atoms with Crippen LogP contribution in [0.15, 0.2) is 97.1 Å². The first-order valence-corrected chi connectivity index (χ1v) is 46.5. The van der Waals surface area contributed by atoms with Crippen molar-refractivity contribution in [3.05, 3.63) is 231 Å². The maximum absolute atomic E-state index is 12.9. The molecule has 8 aromatic carbocycles. The maximum atomic E-state index is 12.9. The van der Waals surface area contributed by atoms with Gasteiger partial charge in [0.15, 0.2) is 6.61 Å². The molecular formula is C111H152O14. The first-order chi connectivity index (χ1) is 58.7. The quantitative estimate of drug-likeness (QED) is 0.116. The molecule has 0 aromatic heterocycles. The fourth-order valence-corrected chi connectivity index (χ4v) is 16.9. The van der Waals surface area contributed by atoms with Gasteiger partial charge in [-0.05, 0) is 196 Å². The number of carbonyl (C=O) groups is 1. The molecule has 0 radical (unpaired) electrons. The van der Waals surface area contributed by atoms with Crippen molar-refractivity contribution in [2.45, 2.75) is 301 Å². The zero-order chi connectivity index (χ0) is 90.9. The molecule has 14 nitrogen and oxygen atoms in total. The van der Waals surface area contributed by atoms with Crippen molar-refractivity contribution < 1.29 is 66.7 Å². The molecule has 680 valence electrons. The highest BCUT2D eigenvalue weighted by Gasteiger charge is 2.35. The average Bonchev–Trinajstić information content (AvgIpc) is 0.760. The van der Waals surface area contributed by atoms with Gasteiger partial charge in [-0.2, -0.15) is 0 Å². The van der Waals surface area contributed by atoms with Crippen molar-refractivity contribution in [1.82, 2.24) is 0 Å². The Hall–Kier alpha value is -8.53. The highest BCUT2D eigenvalue weighted by Crippen LogP contribution is 2.49. The minimum Gasteiger partial charge on any atom is -0.493 e. The van der Waals surface area contributed by atoms with Gasteiger partial charge < -0.3 is 61.9 Å². The lowest BCUT2D eigenvalue weighted by molar-refractivity contribution is -0.139. The van der Waals surface area contributed by atoms with E-state index in [0.29, 0.717) is 130 Å². The molecule has 12 rings (SSSR count). The summed E-state index contributed by atoms with van der Waals surface area (Å²) in [6.07, 6.45) is 6.36. The summed E-state index contributed by atoms with van der Waals surface area (Å²) in [5, 5.41) is 10.5. The number of hydrogen-bond donors (Lipinski definition) is 1. The standard InChI is InChI=1S/C111H152O14/c1-28-31-118-96-71-46-77-60-90(107(13,14)15)61-78-47-72-55-88(105(7,8)9)57-74(97(72)119-32-29-2)49-80-63-91(108(16,17)18)62-79(48-73(96)56-87(54-71)104(4,5)6)100(80)122-43-39-115-36-37-117-41-45-124-102-83-51-82-65-92(109(19,20)21)64-81(101(82)123-44-40-116-35-34-114-38-42-121-99(77)78)50-75-58-89(106(10,11)12)59-76(98(75)120-33-30-3)52-85-68-94(111(25,26)27)69-86(103(85)125-70-95(112)113)53-84(102)67-93(66-83)110(22,23)24/h54-69H,28-53,70H2,1-27H3,(H,112,113). The van der Waals surface area contributed by atoms with E-state index >= 15 is 0 Å². The maximum Gasteiger partial charge on any atom is 0.341 e. The molecule has 2 aliphatic carbocycles. The predicted octanol–water partition coefficient (Wildman–Crippen LogP) is 24.5. The summed E-state index contributed by atoms with van der Waals surface area (Å²) in [6, 6.07) is 37.5. The van der Waals surface area contributed by atoms with E-state index in [1.165, 1.54) is 27.8 Å². The van der Waals surface area contributed by atoms with E-state index in [4.69, 9.17) is 56.8 Å². The number of carboxylic acid groups (broad SMARTS) is 1. The lowest BCUT2D eigenvalue weighted by Gasteiger charge is -2.29. The van der Waals surface area contributed by atoms with Crippen LogP contribution in [0.3, 0.4) is 0 Å². The van der Waals surface area contributed by atoms with Crippen LogP contribution in [0.25, 0.3) is 0 Å². The molecule has 0 atom stereocenters. The molecule has 14 heteroatoms. The van der Waals surface area contributed by atoms with Gasteiger partial charge in [0.1, 0.15) is 72.4 Å². The number of aliphatic carboxylic acids is 1. The van der Waals surface area contributed by atoms with Crippen molar-refractivity contribution in [2.24, 2.45) is 0 Å². The minimum atomic E-state index is -1.06. The van der Waals surface area contributed by atoms with E-state index in [9.17, 15) is 9.90 Å². The summed E-state index contributed by atoms with van der Waals surface area (Å²) in [6.45, 7) is 66.0. The molecule has 0 fully saturated rings. The Labute approximate surface area is 751 Å². The molecule has 0 saturated carbocycles. The van der Waals surface area contributed by atoms with Crippen LogP contribution in [0, 0.1) is 0 Å². The van der Waals surface area contributed by atoms with Gasteiger partial charge >= 0.3 is 5.97 Å². The summed E-state index contributed by atoms with van der Waals surface area (Å²) in [4.78, 5) is 12.9. The average molecular weight is 1710 g/mol. The predicted molar refractivity (Wildman–Crippen MR) is 509 cm³/mol. The third-order valence-electron chi connectivity index (χ3n) is 24.2. The molecule has 1 N–H and O–H groups in total. The lowest BCUT2D eigenvalue weighted by Crippen LogP contribution is -2.19. The van der Waals surface area contributed by atoms with Crippen molar-refractivity contribution in [3.8, 4) is 46.0 Å². The Bertz CT molecular complexity index is 4800. The van der Waals surface area contributed by atoms with E-state index in [2.05, 4.69) is 284 Å². The van der Waals surface area contributed by atoms with Gasteiger partial charge in [-0.1, -0.05) is 284 Å². The number of hydrogen-bond acceptors (Lipinski definition) is 13. The van der Waals surface area contributed by atoms with Crippen LogP contribution in [0.4, 0.5) is 0 Å². The first kappa shape index (κ1) is 97.1. The molecule has 125 heavy (non-hydrogen) atoms. The molecule has 2 heterocycles. The third kappa shape index (κ3) is 25.3. The molecule has 0 spiro atoms. The molecule has 8 aromatic rings. The van der Waals surface area contributed by atoms with Gasteiger partial charge in [-0.25, -0.2) is 4.79 Å². The summed E-state index contributed by atoms with van der Waals surface area (Å²) < 4.78 is 84.0. The highest BCUT2D eigenvalue weighted by molar-refractivity contribution is 5.69. The van der Waals surface area contributed by atoms with Crippen molar-refractivity contribution >= 4 is 5.97 Å². The van der Waals surface area contributed by atoms with Crippen molar-refractivity contribution in [2.75, 3.05) is 106 Å². The fraction of sp³-hybridized carbons (Fsp3) is 0.559. The first-order valence-electron chi connectivity index (χ1n) is 46.5. The number of fused-ring (bicyclic) bond motifs is 22. The second-order valence-electron chi connectivity index (χ2n) is 43.5. The topological polar surface area (TPSA) is 148 Å². The van der Waals surface area contributed by atoms with E-state index in [1.807, 2.05) is 0 Å². The van der Waals surface area contributed by atoms with E-state index < -0.39 is 12.6 Å². The SMILES string of the molecule is CCCOc1c2cc(C(C)(C)C)cc1Cc1cc(C(C)(C)C)cc3c1OCCOCCOCCOc1c4cc(C(C)(C)C)cc1Cc1cc(C(C)(C)C)cc(c1OCC(=O)O)Cc1cc(C(C)(C)C)cc(c1OCCC)Cc1cc(C(C)(C)C)cc(c1OCCOCCOCCOc1c(cc(C(C)(C)C)cc1Cc1cc(C(C)(C)C)cc(c1OCCC)C3)C2)C4. The normalized spacial score (nSPS) is 15.6. The van der Waals surface area contributed by atoms with E-state index in [0.717, 1.165) is 165 Å². The van der Waals surface area contributed by atoms with Crippen molar-refractivity contribution in [1.29, 1.82) is 0 Å². The Morgan fingerprint density at radius 1 is 0.240 bits per heavy atom. The van der Waals surface area contributed by atoms with Crippen LogP contribution in [0.5, 0.6) is 46.0 Å². The summed E-state index contributed by atoms with van der Waals surface area (Å²) in [5.74, 6) is 5.31. The molecule has 0 saturated heterocycles. The number of rotatable bonds is 12. The molecule has 20 bridgehead atoms. The Balaban J connectivity index is 1.08. The largest absolute Gasteiger partial charge is 0.493 e. The lowest BCUT2D eigenvalue weighted by atomic mass is 9.79. The van der Waals surface area contributed by atoms with Gasteiger partial charge in [-0.3, -0.25) is 0 Å². The summed E-state index contributed by atoms with van der Waals surface area (Å²) >= 11 is 0. The highest BCUT2D eigenvalue weighted by atomic mass is 16.6. The van der Waals surface area contributed by atoms with Gasteiger partial charge in [0.25, 0.3) is 0 Å². The molecule has 0 amide bonds. The van der Waals surface area contributed by atoms with Crippen LogP contribution in [-0.2, 0) is 118 Å². The van der Waals surface area contributed by atoms with Crippen LogP contribution >= 0.6 is 0 Å². The fourth-order valence-electron chi connectivity index (χ4n) is 16.9. The monoisotopic (exact) mass is 1710 g/mol. The van der Waals surface area contributed by atoms with Crippen LogP contribution in [-0.4, -0.2) is 117 Å². The number of benzene rings is 8. The molecule has 4 aliphatic rings. The Kier molecular flexibility index (Phi) is 31.4. The van der Waals surface area contributed by atoms with Crippen LogP contribution in [0.2, 0.25) is 0 Å². The Morgan fingerprint density at radius 3 is 0.544 bits per heavy atom.